The molecular formula is C32H40F3N3O2. The van der Waals surface area contributed by atoms with Gasteiger partial charge >= 0.3 is 6.18 Å². The number of alkyl halides is 3. The lowest BCUT2D eigenvalue weighted by molar-refractivity contribution is -0.141. The van der Waals surface area contributed by atoms with Gasteiger partial charge in [0.15, 0.2) is 0 Å². The van der Waals surface area contributed by atoms with E-state index in [1.54, 1.807) is 0 Å². The number of carbonyl (C=O) groups excluding carboxylic acids is 2. The lowest BCUT2D eigenvalue weighted by Crippen LogP contribution is -2.47. The first-order valence-corrected chi connectivity index (χ1v) is 14.8. The van der Waals surface area contributed by atoms with Crippen LogP contribution in [-0.4, -0.2) is 55.1 Å². The van der Waals surface area contributed by atoms with Gasteiger partial charge in [-0.15, -0.1) is 0 Å². The van der Waals surface area contributed by atoms with Crippen molar-refractivity contribution < 1.29 is 22.8 Å². The summed E-state index contributed by atoms with van der Waals surface area (Å²) in [6, 6.07) is 15.4. The second-order valence-corrected chi connectivity index (χ2v) is 11.7. The Balaban J connectivity index is 1.19. The number of amides is 2. The molecule has 2 aromatic rings. The Hall–Kier alpha value is -2.87. The molecule has 1 heterocycles. The van der Waals surface area contributed by atoms with Crippen molar-refractivity contribution in [3.05, 3.63) is 59.7 Å². The fourth-order valence-corrected chi connectivity index (χ4v) is 6.99. The highest BCUT2D eigenvalue weighted by Crippen LogP contribution is 2.51. The van der Waals surface area contributed by atoms with Crippen LogP contribution in [0.1, 0.15) is 75.3 Å². The Morgan fingerprint density at radius 3 is 2.05 bits per heavy atom. The molecule has 0 spiro atoms. The van der Waals surface area contributed by atoms with Gasteiger partial charge in [-0.2, -0.15) is 13.2 Å². The van der Waals surface area contributed by atoms with Gasteiger partial charge in [0, 0.05) is 25.0 Å². The van der Waals surface area contributed by atoms with Gasteiger partial charge in [0.2, 0.25) is 11.8 Å². The predicted molar refractivity (Wildman–Crippen MR) is 150 cm³/mol. The molecule has 3 aliphatic rings. The molecule has 0 atom stereocenters. The van der Waals surface area contributed by atoms with E-state index >= 15 is 0 Å². The molecule has 2 aromatic carbocycles. The predicted octanol–water partition coefficient (Wildman–Crippen LogP) is 5.96. The number of nitrogens with one attached hydrogen (secondary N) is 2. The number of rotatable bonds is 9. The molecule has 2 N–H and O–H groups in total. The SMILES string of the molecule is O=C(NC1CCN(CCCCC2(C(=O)NCC(F)(F)F)c3ccccc3-c3ccccc32)CC1)C1CCCCC1. The van der Waals surface area contributed by atoms with Gasteiger partial charge in [0.05, 0.1) is 0 Å². The molecule has 5 rings (SSSR count). The Morgan fingerprint density at radius 2 is 1.45 bits per heavy atom. The zero-order chi connectivity index (χ0) is 28.2. The lowest BCUT2D eigenvalue weighted by atomic mass is 9.73. The van der Waals surface area contributed by atoms with Crippen LogP contribution in [0.15, 0.2) is 48.5 Å². The van der Waals surface area contributed by atoms with Crippen molar-refractivity contribution in [2.24, 2.45) is 5.92 Å². The molecule has 0 aromatic heterocycles. The number of piperidine rings is 1. The average Bonchev–Trinajstić information content (AvgIpc) is 3.26. The topological polar surface area (TPSA) is 61.4 Å². The van der Waals surface area contributed by atoms with Crippen LogP contribution in [0.3, 0.4) is 0 Å². The molecule has 40 heavy (non-hydrogen) atoms. The molecule has 5 nitrogen and oxygen atoms in total. The van der Waals surface area contributed by atoms with E-state index < -0.39 is 24.0 Å². The molecular weight excluding hydrogens is 515 g/mol. The van der Waals surface area contributed by atoms with Crippen molar-refractivity contribution in [1.82, 2.24) is 15.5 Å². The summed E-state index contributed by atoms with van der Waals surface area (Å²) < 4.78 is 39.2. The highest BCUT2D eigenvalue weighted by atomic mass is 19.4. The van der Waals surface area contributed by atoms with Gasteiger partial charge in [-0.25, -0.2) is 0 Å². The van der Waals surface area contributed by atoms with E-state index in [1.165, 1.54) is 6.42 Å². The van der Waals surface area contributed by atoms with Gasteiger partial charge in [-0.1, -0.05) is 74.2 Å². The number of carbonyl (C=O) groups is 2. The number of likely N-dealkylation sites (tertiary alicyclic amines) is 1. The minimum atomic E-state index is -4.48. The summed E-state index contributed by atoms with van der Waals surface area (Å²) >= 11 is 0. The fraction of sp³-hybridized carbons (Fsp3) is 0.562. The maximum atomic E-state index is 13.6. The van der Waals surface area contributed by atoms with E-state index in [1.807, 2.05) is 48.5 Å². The summed E-state index contributed by atoms with van der Waals surface area (Å²) in [5, 5.41) is 5.49. The fourth-order valence-electron chi connectivity index (χ4n) is 6.99. The van der Waals surface area contributed by atoms with Gasteiger partial charge in [0.25, 0.3) is 0 Å². The molecule has 1 aliphatic heterocycles. The minimum Gasteiger partial charge on any atom is -0.353 e. The molecule has 2 amide bonds. The van der Waals surface area contributed by atoms with E-state index in [2.05, 4.69) is 15.5 Å². The number of unbranched alkanes of at least 4 members (excludes halogenated alkanes) is 1. The lowest BCUT2D eigenvalue weighted by Gasteiger charge is -2.34. The molecule has 2 aliphatic carbocycles. The monoisotopic (exact) mass is 555 g/mol. The summed E-state index contributed by atoms with van der Waals surface area (Å²) in [6.45, 7) is 1.36. The van der Waals surface area contributed by atoms with Gasteiger partial charge < -0.3 is 15.5 Å². The van der Waals surface area contributed by atoms with E-state index in [0.717, 1.165) is 86.8 Å². The van der Waals surface area contributed by atoms with E-state index in [4.69, 9.17) is 0 Å². The van der Waals surface area contributed by atoms with Crippen molar-refractivity contribution in [3.63, 3.8) is 0 Å². The third kappa shape index (κ3) is 6.22. The number of benzene rings is 2. The molecule has 2 fully saturated rings. The molecule has 8 heteroatoms. The largest absolute Gasteiger partial charge is 0.405 e. The minimum absolute atomic E-state index is 0.179. The Kier molecular flexibility index (Phi) is 8.83. The quantitative estimate of drug-likeness (QED) is 0.375. The van der Waals surface area contributed by atoms with Crippen molar-refractivity contribution in [3.8, 4) is 11.1 Å². The van der Waals surface area contributed by atoms with Crippen molar-refractivity contribution in [2.45, 2.75) is 81.8 Å². The number of hydrogen-bond donors (Lipinski definition) is 2. The van der Waals surface area contributed by atoms with Crippen LogP contribution < -0.4 is 10.6 Å². The zero-order valence-electron chi connectivity index (χ0n) is 23.1. The summed E-state index contributed by atoms with van der Waals surface area (Å²) in [7, 11) is 0. The van der Waals surface area contributed by atoms with Crippen LogP contribution in [0.5, 0.6) is 0 Å². The van der Waals surface area contributed by atoms with Crippen molar-refractivity contribution in [1.29, 1.82) is 0 Å². The summed E-state index contributed by atoms with van der Waals surface area (Å²) in [5.41, 5.74) is 2.25. The third-order valence-electron chi connectivity index (χ3n) is 9.09. The second-order valence-electron chi connectivity index (χ2n) is 11.7. The van der Waals surface area contributed by atoms with Crippen LogP contribution in [0.25, 0.3) is 11.1 Å². The van der Waals surface area contributed by atoms with Crippen LogP contribution in [0.2, 0.25) is 0 Å². The maximum Gasteiger partial charge on any atom is 0.405 e. The Labute approximate surface area is 234 Å². The normalized spacial score (nSPS) is 19.6. The van der Waals surface area contributed by atoms with Crippen LogP contribution in [0.4, 0.5) is 13.2 Å². The van der Waals surface area contributed by atoms with Crippen molar-refractivity contribution >= 4 is 11.8 Å². The number of nitrogens with zero attached hydrogens (tertiary/aromatic N) is 1. The Morgan fingerprint density at radius 1 is 0.850 bits per heavy atom. The first kappa shape index (κ1) is 28.7. The van der Waals surface area contributed by atoms with Gasteiger partial charge in [-0.05, 0) is 67.3 Å². The molecule has 1 saturated heterocycles. The number of halogens is 3. The van der Waals surface area contributed by atoms with Crippen molar-refractivity contribution in [2.75, 3.05) is 26.2 Å². The zero-order valence-corrected chi connectivity index (χ0v) is 23.1. The van der Waals surface area contributed by atoms with E-state index in [0.29, 0.717) is 12.8 Å². The molecule has 216 valence electrons. The van der Waals surface area contributed by atoms with Crippen LogP contribution in [-0.2, 0) is 15.0 Å². The molecule has 1 saturated carbocycles. The summed E-state index contributed by atoms with van der Waals surface area (Å²) in [5.74, 6) is -0.181. The smallest absolute Gasteiger partial charge is 0.353 e. The Bertz CT molecular complexity index is 1140. The van der Waals surface area contributed by atoms with Gasteiger partial charge in [-0.3, -0.25) is 9.59 Å². The van der Waals surface area contributed by atoms with Crippen LogP contribution in [0, 0.1) is 5.92 Å². The average molecular weight is 556 g/mol. The first-order valence-electron chi connectivity index (χ1n) is 14.8. The summed E-state index contributed by atoms with van der Waals surface area (Å²) in [6.07, 6.45) is 4.95. The highest BCUT2D eigenvalue weighted by molar-refractivity contribution is 6.00. The summed E-state index contributed by atoms with van der Waals surface area (Å²) in [4.78, 5) is 28.6. The van der Waals surface area contributed by atoms with Crippen LogP contribution >= 0.6 is 0 Å². The molecule has 0 unspecified atom stereocenters. The molecule has 0 bridgehead atoms. The number of hydrogen-bond acceptors (Lipinski definition) is 3. The third-order valence-corrected chi connectivity index (χ3v) is 9.09. The molecule has 0 radical (unpaired) electrons. The van der Waals surface area contributed by atoms with E-state index in [-0.39, 0.29) is 17.9 Å². The second kappa shape index (κ2) is 12.3. The van der Waals surface area contributed by atoms with E-state index in [9.17, 15) is 22.8 Å². The maximum absolute atomic E-state index is 13.6. The first-order chi connectivity index (χ1) is 19.3. The number of fused-ring (bicyclic) bond motifs is 3. The highest BCUT2D eigenvalue weighted by Gasteiger charge is 2.49. The standard InChI is InChI=1S/C32H40F3N3O2/c33-32(34,35)22-36-30(40)31(27-14-6-4-12-25(27)26-13-5-7-15-28(26)31)18-8-9-19-38-20-16-24(17-21-38)37-29(39)23-10-2-1-3-11-23/h4-7,12-15,23-24H,1-3,8-11,16-22H2,(H,36,40)(H,37,39). The van der Waals surface area contributed by atoms with Gasteiger partial charge in [0.1, 0.15) is 12.0 Å².